The highest BCUT2D eigenvalue weighted by Crippen LogP contribution is 2.33. The van der Waals surface area contributed by atoms with Crippen LogP contribution in [0.1, 0.15) is 17.7 Å². The summed E-state index contributed by atoms with van der Waals surface area (Å²) in [6.07, 6.45) is 3.46. The first-order valence-electron chi connectivity index (χ1n) is 5.86. The quantitative estimate of drug-likeness (QED) is 0.793. The van der Waals surface area contributed by atoms with E-state index in [9.17, 15) is 0 Å². The van der Waals surface area contributed by atoms with Crippen LogP contribution < -0.4 is 9.47 Å². The van der Waals surface area contributed by atoms with Gasteiger partial charge in [0.2, 0.25) is 0 Å². The normalized spacial score (nSPS) is 13.8. The van der Waals surface area contributed by atoms with Gasteiger partial charge in [-0.25, -0.2) is 0 Å². The van der Waals surface area contributed by atoms with E-state index in [0.29, 0.717) is 0 Å². The fraction of sp³-hybridized carbons (Fsp3) is 0.357. The summed E-state index contributed by atoms with van der Waals surface area (Å²) < 4.78 is 10.6. The molecule has 3 heteroatoms. The largest absolute Gasteiger partial charge is 0.493 e. The van der Waals surface area contributed by atoms with Crippen LogP contribution in [0.15, 0.2) is 18.2 Å². The van der Waals surface area contributed by atoms with Crippen molar-refractivity contribution in [3.8, 4) is 11.5 Å². The number of rotatable bonds is 2. The minimum Gasteiger partial charge on any atom is -0.493 e. The molecule has 0 amide bonds. The maximum Gasteiger partial charge on any atom is 0.162 e. The summed E-state index contributed by atoms with van der Waals surface area (Å²) in [4.78, 5) is 4.70. The molecule has 0 unspecified atom stereocenters. The second-order valence-electron chi connectivity index (χ2n) is 4.35. The third-order valence-electron chi connectivity index (χ3n) is 3.35. The van der Waals surface area contributed by atoms with Crippen molar-refractivity contribution in [3.05, 3.63) is 29.5 Å². The average molecular weight is 229 g/mol. The fourth-order valence-electron chi connectivity index (χ4n) is 2.46. The highest BCUT2D eigenvalue weighted by molar-refractivity contribution is 5.83. The van der Waals surface area contributed by atoms with Gasteiger partial charge in [-0.05, 0) is 37.0 Å². The molecular formula is C14H15NO2. The fourth-order valence-corrected chi connectivity index (χ4v) is 2.46. The highest BCUT2D eigenvalue weighted by atomic mass is 16.5. The summed E-state index contributed by atoms with van der Waals surface area (Å²) in [5.41, 5.74) is 3.61. The molecule has 0 fully saturated rings. The van der Waals surface area contributed by atoms with Crippen molar-refractivity contribution in [1.82, 2.24) is 4.98 Å². The van der Waals surface area contributed by atoms with Gasteiger partial charge in [0, 0.05) is 17.1 Å². The van der Waals surface area contributed by atoms with Crippen molar-refractivity contribution < 1.29 is 9.47 Å². The molecule has 0 aliphatic heterocycles. The van der Waals surface area contributed by atoms with Crippen molar-refractivity contribution >= 4 is 10.9 Å². The smallest absolute Gasteiger partial charge is 0.162 e. The Morgan fingerprint density at radius 3 is 2.53 bits per heavy atom. The maximum atomic E-state index is 5.31. The van der Waals surface area contributed by atoms with Gasteiger partial charge in [0.1, 0.15) is 0 Å². The Labute approximate surface area is 100 Å². The number of fused-ring (bicyclic) bond motifs is 2. The Morgan fingerprint density at radius 1 is 1.00 bits per heavy atom. The van der Waals surface area contributed by atoms with E-state index in [1.165, 1.54) is 17.7 Å². The summed E-state index contributed by atoms with van der Waals surface area (Å²) in [6.45, 7) is 0. The molecule has 0 N–H and O–H groups in total. The molecule has 0 bridgehead atoms. The lowest BCUT2D eigenvalue weighted by Crippen LogP contribution is -1.94. The number of benzene rings is 1. The summed E-state index contributed by atoms with van der Waals surface area (Å²) in [5.74, 6) is 1.50. The number of ether oxygens (including phenoxy) is 2. The molecule has 0 radical (unpaired) electrons. The van der Waals surface area contributed by atoms with Gasteiger partial charge >= 0.3 is 0 Å². The van der Waals surface area contributed by atoms with Crippen LogP contribution in [-0.4, -0.2) is 19.2 Å². The lowest BCUT2D eigenvalue weighted by Gasteiger charge is -2.10. The first-order chi connectivity index (χ1) is 8.31. The SMILES string of the molecule is COc1cc2cc3c(nc2cc1OC)CCC3. The predicted octanol–water partition coefficient (Wildman–Crippen LogP) is 2.74. The molecule has 3 nitrogen and oxygen atoms in total. The number of methoxy groups -OCH3 is 2. The van der Waals surface area contributed by atoms with Gasteiger partial charge in [0.15, 0.2) is 11.5 Å². The lowest BCUT2D eigenvalue weighted by molar-refractivity contribution is 0.356. The van der Waals surface area contributed by atoms with Crippen molar-refractivity contribution in [2.45, 2.75) is 19.3 Å². The summed E-state index contributed by atoms with van der Waals surface area (Å²) in [6, 6.07) is 6.18. The summed E-state index contributed by atoms with van der Waals surface area (Å²) in [7, 11) is 3.31. The van der Waals surface area contributed by atoms with Gasteiger partial charge in [-0.3, -0.25) is 4.98 Å². The molecular weight excluding hydrogens is 214 g/mol. The molecule has 1 aliphatic rings. The molecule has 0 saturated carbocycles. The van der Waals surface area contributed by atoms with Crippen LogP contribution in [0.4, 0.5) is 0 Å². The zero-order valence-electron chi connectivity index (χ0n) is 10.1. The maximum absolute atomic E-state index is 5.31. The Hall–Kier alpha value is -1.77. The van der Waals surface area contributed by atoms with Crippen molar-refractivity contribution in [3.63, 3.8) is 0 Å². The van der Waals surface area contributed by atoms with E-state index in [-0.39, 0.29) is 0 Å². The number of nitrogens with zero attached hydrogens (tertiary/aromatic N) is 1. The third-order valence-corrected chi connectivity index (χ3v) is 3.35. The predicted molar refractivity (Wildman–Crippen MR) is 66.9 cm³/mol. The Balaban J connectivity index is 2.25. The van der Waals surface area contributed by atoms with E-state index in [4.69, 9.17) is 14.5 Å². The van der Waals surface area contributed by atoms with Gasteiger partial charge < -0.3 is 9.47 Å². The number of hydrogen-bond acceptors (Lipinski definition) is 3. The molecule has 2 aromatic rings. The molecule has 0 spiro atoms. The Morgan fingerprint density at radius 2 is 1.76 bits per heavy atom. The molecule has 3 rings (SSSR count). The van der Waals surface area contributed by atoms with Crippen LogP contribution in [0.25, 0.3) is 10.9 Å². The van der Waals surface area contributed by atoms with E-state index in [1.54, 1.807) is 14.2 Å². The summed E-state index contributed by atoms with van der Waals surface area (Å²) in [5, 5.41) is 1.13. The second kappa shape index (κ2) is 3.91. The lowest BCUT2D eigenvalue weighted by atomic mass is 10.1. The first-order valence-corrected chi connectivity index (χ1v) is 5.86. The number of pyridine rings is 1. The van der Waals surface area contributed by atoms with Gasteiger partial charge in [0.05, 0.1) is 19.7 Å². The molecule has 1 aromatic heterocycles. The molecule has 0 saturated heterocycles. The Bertz CT molecular complexity index is 527. The molecule has 88 valence electrons. The van der Waals surface area contributed by atoms with Crippen molar-refractivity contribution in [1.29, 1.82) is 0 Å². The van der Waals surface area contributed by atoms with Crippen LogP contribution >= 0.6 is 0 Å². The zero-order chi connectivity index (χ0) is 11.8. The molecule has 17 heavy (non-hydrogen) atoms. The van der Waals surface area contributed by atoms with Crippen LogP contribution in [0.2, 0.25) is 0 Å². The zero-order valence-corrected chi connectivity index (χ0v) is 10.1. The molecule has 1 aliphatic carbocycles. The number of aryl methyl sites for hydroxylation is 2. The minimum atomic E-state index is 0.741. The van der Waals surface area contributed by atoms with E-state index in [2.05, 4.69) is 6.07 Å². The van der Waals surface area contributed by atoms with Crippen LogP contribution in [0, 0.1) is 0 Å². The monoisotopic (exact) mass is 229 g/mol. The highest BCUT2D eigenvalue weighted by Gasteiger charge is 2.15. The average Bonchev–Trinajstić information content (AvgIpc) is 2.81. The van der Waals surface area contributed by atoms with Crippen molar-refractivity contribution in [2.75, 3.05) is 14.2 Å². The minimum absolute atomic E-state index is 0.741. The van der Waals surface area contributed by atoms with Gasteiger partial charge in [-0.15, -0.1) is 0 Å². The van der Waals surface area contributed by atoms with E-state index in [1.807, 2.05) is 12.1 Å². The molecule has 1 aromatic carbocycles. The van der Waals surface area contributed by atoms with E-state index in [0.717, 1.165) is 35.2 Å². The first kappa shape index (κ1) is 10.4. The van der Waals surface area contributed by atoms with E-state index < -0.39 is 0 Å². The van der Waals surface area contributed by atoms with Gasteiger partial charge in [-0.2, -0.15) is 0 Å². The van der Waals surface area contributed by atoms with E-state index >= 15 is 0 Å². The van der Waals surface area contributed by atoms with Gasteiger partial charge in [0.25, 0.3) is 0 Å². The van der Waals surface area contributed by atoms with Crippen LogP contribution in [-0.2, 0) is 12.8 Å². The Kier molecular flexibility index (Phi) is 2.39. The second-order valence-corrected chi connectivity index (χ2v) is 4.35. The molecule has 1 heterocycles. The van der Waals surface area contributed by atoms with Crippen molar-refractivity contribution in [2.24, 2.45) is 0 Å². The number of aromatic nitrogens is 1. The van der Waals surface area contributed by atoms with Crippen LogP contribution in [0.5, 0.6) is 11.5 Å². The third kappa shape index (κ3) is 1.62. The molecule has 0 atom stereocenters. The summed E-state index contributed by atoms with van der Waals surface area (Å²) >= 11 is 0. The standard InChI is InChI=1S/C14H15NO2/c1-16-13-7-10-6-9-4-3-5-11(9)15-12(10)8-14(13)17-2/h6-8H,3-5H2,1-2H3. The topological polar surface area (TPSA) is 31.4 Å². The van der Waals surface area contributed by atoms with Crippen LogP contribution in [0.3, 0.4) is 0 Å². The van der Waals surface area contributed by atoms with Gasteiger partial charge in [-0.1, -0.05) is 0 Å². The number of hydrogen-bond donors (Lipinski definition) is 0.